The monoisotopic (exact) mass is 690 g/mol. The van der Waals surface area contributed by atoms with Crippen molar-refractivity contribution in [3.05, 3.63) is 59.2 Å². The highest BCUT2D eigenvalue weighted by Gasteiger charge is 2.33. The van der Waals surface area contributed by atoms with Gasteiger partial charge in [-0.1, -0.05) is 69.9 Å². The molecule has 2 fully saturated rings. The Bertz CT molecular complexity index is 1180. The van der Waals surface area contributed by atoms with E-state index in [2.05, 4.69) is 54.5 Å². The van der Waals surface area contributed by atoms with Crippen LogP contribution in [0.1, 0.15) is 86.7 Å². The van der Waals surface area contributed by atoms with Gasteiger partial charge < -0.3 is 15.2 Å². The molecule has 1 saturated heterocycles. The molecule has 3 unspecified atom stereocenters. The number of rotatable bonds is 14. The molecule has 258 valence electrons. The third-order valence-electron chi connectivity index (χ3n) is 8.50. The number of nitrogens with zero attached hydrogens (tertiary/aromatic N) is 1. The topological polar surface area (TPSA) is 78.9 Å². The zero-order valence-electron chi connectivity index (χ0n) is 28.9. The number of amides is 1. The molecule has 4 rings (SSSR count). The lowest BCUT2D eigenvalue weighted by Crippen LogP contribution is -2.41. The van der Waals surface area contributed by atoms with Crippen LogP contribution in [-0.4, -0.2) is 83.5 Å². The second-order valence-corrected chi connectivity index (χ2v) is 14.6. The molecule has 1 heterocycles. The molecule has 2 N–H and O–H groups in total. The van der Waals surface area contributed by atoms with Crippen molar-refractivity contribution in [3.63, 3.8) is 0 Å². The zero-order valence-corrected chi connectivity index (χ0v) is 31.5. The van der Waals surface area contributed by atoms with Crippen LogP contribution in [0.5, 0.6) is 0 Å². The van der Waals surface area contributed by atoms with E-state index >= 15 is 0 Å². The third-order valence-corrected chi connectivity index (χ3v) is 10.6. The fraction of sp³-hybridized carbons (Fsp3) is 0.622. The van der Waals surface area contributed by atoms with Gasteiger partial charge in [0.2, 0.25) is 0 Å². The lowest BCUT2D eigenvalue weighted by atomic mass is 9.91. The SMILES string of the molecule is CCC.COCC1CC(SCC2CCCCC2)CN1Cc1ccc(C(=O)NC(CCSC)C(=O)O)c(-c2ccccc2C)c1.CS. The Balaban J connectivity index is 0.00000139. The maximum Gasteiger partial charge on any atom is 0.326 e. The summed E-state index contributed by atoms with van der Waals surface area (Å²) in [7, 11) is 1.79. The van der Waals surface area contributed by atoms with Gasteiger partial charge in [-0.05, 0) is 96.9 Å². The van der Waals surface area contributed by atoms with Crippen LogP contribution in [0.3, 0.4) is 0 Å². The number of aryl methyl sites for hydroxylation is 1. The Morgan fingerprint density at radius 2 is 1.78 bits per heavy atom. The van der Waals surface area contributed by atoms with Crippen LogP contribution in [0.2, 0.25) is 0 Å². The number of carbonyl (C=O) groups is 2. The number of likely N-dealkylation sites (tertiary alicyclic amines) is 1. The van der Waals surface area contributed by atoms with Crippen LogP contribution in [-0.2, 0) is 16.1 Å². The maximum atomic E-state index is 13.5. The fourth-order valence-electron chi connectivity index (χ4n) is 6.19. The van der Waals surface area contributed by atoms with E-state index in [0.29, 0.717) is 29.0 Å². The van der Waals surface area contributed by atoms with Crippen LogP contribution in [0, 0.1) is 12.8 Å². The fourth-order valence-corrected chi connectivity index (χ4v) is 8.20. The average molecular weight is 691 g/mol. The number of hydrogen-bond donors (Lipinski definition) is 3. The van der Waals surface area contributed by atoms with Crippen molar-refractivity contribution in [2.24, 2.45) is 5.92 Å². The molecule has 0 radical (unpaired) electrons. The molecule has 1 amide bonds. The molecule has 1 saturated carbocycles. The minimum Gasteiger partial charge on any atom is -0.480 e. The first kappa shape index (κ1) is 40.5. The summed E-state index contributed by atoms with van der Waals surface area (Å²) in [4.78, 5) is 27.8. The Hall–Kier alpha value is -1.65. The van der Waals surface area contributed by atoms with Gasteiger partial charge in [-0.2, -0.15) is 36.2 Å². The van der Waals surface area contributed by atoms with Crippen molar-refractivity contribution in [1.82, 2.24) is 10.2 Å². The van der Waals surface area contributed by atoms with E-state index in [1.807, 2.05) is 49.6 Å². The number of carboxylic acids is 1. The van der Waals surface area contributed by atoms with Crippen LogP contribution >= 0.6 is 36.2 Å². The van der Waals surface area contributed by atoms with Gasteiger partial charge in [-0.15, -0.1) is 0 Å². The molecular formula is C37H58N2O4S3. The molecule has 0 spiro atoms. The number of methoxy groups -OCH3 is 1. The molecule has 2 aliphatic rings. The van der Waals surface area contributed by atoms with Gasteiger partial charge in [0.1, 0.15) is 6.04 Å². The number of thiol groups is 1. The normalized spacial score (nSPS) is 18.9. The smallest absolute Gasteiger partial charge is 0.326 e. The molecule has 0 aromatic heterocycles. The van der Waals surface area contributed by atoms with Crippen molar-refractivity contribution in [3.8, 4) is 11.1 Å². The van der Waals surface area contributed by atoms with Crippen LogP contribution < -0.4 is 5.32 Å². The highest BCUT2D eigenvalue weighted by molar-refractivity contribution is 8.00. The van der Waals surface area contributed by atoms with Crippen molar-refractivity contribution in [2.75, 3.05) is 44.3 Å². The van der Waals surface area contributed by atoms with Crippen LogP contribution in [0.25, 0.3) is 11.1 Å². The number of hydrogen-bond acceptors (Lipinski definition) is 7. The summed E-state index contributed by atoms with van der Waals surface area (Å²) < 4.78 is 5.63. The quantitative estimate of drug-likeness (QED) is 0.172. The molecule has 46 heavy (non-hydrogen) atoms. The number of nitrogens with one attached hydrogen (secondary N) is 1. The summed E-state index contributed by atoms with van der Waals surface area (Å²) in [5.74, 6) is 1.46. The number of thioether (sulfide) groups is 2. The van der Waals surface area contributed by atoms with Gasteiger partial charge in [0.05, 0.1) is 6.61 Å². The van der Waals surface area contributed by atoms with Crippen molar-refractivity contribution in [1.29, 1.82) is 0 Å². The first-order valence-corrected chi connectivity index (χ1v) is 20.2. The minimum absolute atomic E-state index is 0.346. The summed E-state index contributed by atoms with van der Waals surface area (Å²) in [5, 5.41) is 13.1. The predicted octanol–water partition coefficient (Wildman–Crippen LogP) is 8.46. The van der Waals surface area contributed by atoms with Gasteiger partial charge in [0, 0.05) is 37.1 Å². The first-order chi connectivity index (χ1) is 22.3. The predicted molar refractivity (Wildman–Crippen MR) is 203 cm³/mol. The Labute approximate surface area is 293 Å². The van der Waals surface area contributed by atoms with E-state index in [9.17, 15) is 14.7 Å². The molecule has 2 aromatic carbocycles. The third kappa shape index (κ3) is 13.1. The zero-order chi connectivity index (χ0) is 33.9. The lowest BCUT2D eigenvalue weighted by molar-refractivity contribution is -0.139. The van der Waals surface area contributed by atoms with Crippen molar-refractivity contribution >= 4 is 48.0 Å². The molecule has 9 heteroatoms. The molecule has 1 aliphatic carbocycles. The lowest BCUT2D eigenvalue weighted by Gasteiger charge is -2.25. The van der Waals surface area contributed by atoms with Gasteiger partial charge in [0.15, 0.2) is 0 Å². The van der Waals surface area contributed by atoms with E-state index in [-0.39, 0.29) is 5.91 Å². The second-order valence-electron chi connectivity index (χ2n) is 12.3. The first-order valence-electron chi connectivity index (χ1n) is 16.8. The maximum absolute atomic E-state index is 13.5. The number of aliphatic carboxylic acids is 1. The van der Waals surface area contributed by atoms with Gasteiger partial charge in [0.25, 0.3) is 5.91 Å². The molecular weight excluding hydrogens is 633 g/mol. The summed E-state index contributed by atoms with van der Waals surface area (Å²) in [6.07, 6.45) is 13.4. The van der Waals surface area contributed by atoms with Crippen molar-refractivity contribution < 1.29 is 19.4 Å². The summed E-state index contributed by atoms with van der Waals surface area (Å²) in [6.45, 7) is 8.85. The highest BCUT2D eigenvalue weighted by atomic mass is 32.2. The van der Waals surface area contributed by atoms with Gasteiger partial charge in [-0.25, -0.2) is 4.79 Å². The number of ether oxygens (including phenoxy) is 1. The van der Waals surface area contributed by atoms with Gasteiger partial charge in [-0.3, -0.25) is 9.69 Å². The van der Waals surface area contributed by atoms with E-state index in [4.69, 9.17) is 4.74 Å². The second kappa shape index (κ2) is 22.8. The Morgan fingerprint density at radius 3 is 2.41 bits per heavy atom. The molecule has 3 atom stereocenters. The average Bonchev–Trinajstić information content (AvgIpc) is 3.44. The van der Waals surface area contributed by atoms with Gasteiger partial charge >= 0.3 is 5.97 Å². The van der Waals surface area contributed by atoms with E-state index in [0.717, 1.165) is 54.3 Å². The Morgan fingerprint density at radius 1 is 1.09 bits per heavy atom. The summed E-state index contributed by atoms with van der Waals surface area (Å²) >= 11 is 7.26. The highest BCUT2D eigenvalue weighted by Crippen LogP contribution is 2.35. The summed E-state index contributed by atoms with van der Waals surface area (Å²) in [5.41, 5.74) is 4.57. The molecule has 6 nitrogen and oxygen atoms in total. The number of benzene rings is 2. The van der Waals surface area contributed by atoms with Crippen LogP contribution in [0.15, 0.2) is 42.5 Å². The van der Waals surface area contributed by atoms with Crippen LogP contribution in [0.4, 0.5) is 0 Å². The molecule has 0 bridgehead atoms. The largest absolute Gasteiger partial charge is 0.480 e. The van der Waals surface area contributed by atoms with E-state index < -0.39 is 12.0 Å². The Kier molecular flexibility index (Phi) is 20.1. The summed E-state index contributed by atoms with van der Waals surface area (Å²) in [6, 6.07) is 13.6. The standard InChI is InChI=1S/C33H46N2O4S2.C3H8.CH4S/c1-23-9-7-8-12-28(23)30-17-25(13-14-29(30)32(36)34-31(33(37)38)15-16-40-3)19-35-20-27(18-26(35)21-39-2)41-22-24-10-5-4-6-11-24;1-3-2;1-2/h7-9,12-14,17,24,26-27,31H,4-6,10-11,15-16,18-22H2,1-3H3,(H,34,36)(H,37,38);3H2,1-2H3;2H,1H3. The molecule has 2 aromatic rings. The number of carboxylic acid groups (broad SMARTS) is 1. The minimum atomic E-state index is -1.00. The van der Waals surface area contributed by atoms with E-state index in [1.54, 1.807) is 25.1 Å². The number of carbonyl (C=O) groups excluding carboxylic acids is 1. The molecule has 1 aliphatic heterocycles. The van der Waals surface area contributed by atoms with Crippen molar-refractivity contribution in [2.45, 2.75) is 96.0 Å². The van der Waals surface area contributed by atoms with E-state index in [1.165, 1.54) is 44.3 Å².